The van der Waals surface area contributed by atoms with Crippen LogP contribution < -0.4 is 10.2 Å². The van der Waals surface area contributed by atoms with Gasteiger partial charge in [0.15, 0.2) is 0 Å². The molecule has 1 aliphatic rings. The van der Waals surface area contributed by atoms with E-state index in [2.05, 4.69) is 58.6 Å². The number of aryl methyl sites for hydroxylation is 2. The van der Waals surface area contributed by atoms with Gasteiger partial charge in [-0.1, -0.05) is 54.1 Å². The largest absolute Gasteiger partial charge is 0.353 e. The fourth-order valence-corrected chi connectivity index (χ4v) is 4.00. The first-order chi connectivity index (χ1) is 15.8. The molecule has 2 aromatic carbocycles. The van der Waals surface area contributed by atoms with Crippen molar-refractivity contribution in [3.63, 3.8) is 0 Å². The number of rotatable bonds is 5. The van der Waals surface area contributed by atoms with Gasteiger partial charge in [-0.05, 0) is 30.5 Å². The monoisotopic (exact) mass is 443 g/mol. The number of aromatic nitrogens is 2. The molecule has 7 nitrogen and oxygen atoms in total. The smallest absolute Gasteiger partial charge is 0.258 e. The van der Waals surface area contributed by atoms with E-state index >= 15 is 0 Å². The molecule has 1 aromatic heterocycles. The quantitative estimate of drug-likeness (QED) is 0.656. The Labute approximate surface area is 194 Å². The molecule has 3 aromatic rings. The van der Waals surface area contributed by atoms with Crippen LogP contribution in [0.4, 0.5) is 5.95 Å². The van der Waals surface area contributed by atoms with Crippen LogP contribution in [0.15, 0.2) is 54.7 Å². The average molecular weight is 444 g/mol. The molecule has 170 valence electrons. The van der Waals surface area contributed by atoms with Gasteiger partial charge < -0.3 is 15.1 Å². The second kappa shape index (κ2) is 9.40. The number of anilines is 1. The van der Waals surface area contributed by atoms with E-state index in [1.165, 1.54) is 5.56 Å². The van der Waals surface area contributed by atoms with Gasteiger partial charge in [0.05, 0.1) is 11.3 Å². The predicted octanol–water partition coefficient (Wildman–Crippen LogP) is 3.01. The fraction of sp³-hybridized carbons (Fsp3) is 0.308. The summed E-state index contributed by atoms with van der Waals surface area (Å²) in [6.07, 6.45) is 2.00. The Morgan fingerprint density at radius 2 is 1.70 bits per heavy atom. The zero-order chi connectivity index (χ0) is 23.5. The highest BCUT2D eigenvalue weighted by Crippen LogP contribution is 2.22. The van der Waals surface area contributed by atoms with Gasteiger partial charge in [-0.3, -0.25) is 9.59 Å². The standard InChI is InChI=1S/C26H29N5O2/c1-17-5-9-20(10-6-17)21-11-7-19(8-12-21)15-23-24(32)27-13-14-31(23)25(33)22-16-28-26(30(3)4)29-18(22)2/h5-12,16,23H,13-15H2,1-4H3,(H,27,32). The van der Waals surface area contributed by atoms with E-state index in [1.807, 2.05) is 26.2 Å². The van der Waals surface area contributed by atoms with Crippen LogP contribution in [0.5, 0.6) is 0 Å². The third kappa shape index (κ3) is 4.87. The summed E-state index contributed by atoms with van der Waals surface area (Å²) in [5, 5.41) is 2.90. The Morgan fingerprint density at radius 3 is 2.30 bits per heavy atom. The molecule has 0 spiro atoms. The molecule has 33 heavy (non-hydrogen) atoms. The number of nitrogens with zero attached hydrogens (tertiary/aromatic N) is 4. The summed E-state index contributed by atoms with van der Waals surface area (Å²) in [6.45, 7) is 4.75. The van der Waals surface area contributed by atoms with Gasteiger partial charge in [0.25, 0.3) is 5.91 Å². The Kier molecular flexibility index (Phi) is 6.40. The second-order valence-electron chi connectivity index (χ2n) is 8.64. The lowest BCUT2D eigenvalue weighted by Crippen LogP contribution is -2.58. The van der Waals surface area contributed by atoms with Crippen LogP contribution in [0.3, 0.4) is 0 Å². The summed E-state index contributed by atoms with van der Waals surface area (Å²) in [7, 11) is 3.71. The fourth-order valence-electron chi connectivity index (χ4n) is 4.00. The topological polar surface area (TPSA) is 78.4 Å². The molecule has 7 heteroatoms. The van der Waals surface area contributed by atoms with E-state index in [4.69, 9.17) is 0 Å². The minimum absolute atomic E-state index is 0.138. The van der Waals surface area contributed by atoms with Crippen LogP contribution in [0, 0.1) is 13.8 Å². The molecule has 4 rings (SSSR count). The van der Waals surface area contributed by atoms with Crippen molar-refractivity contribution < 1.29 is 9.59 Å². The van der Waals surface area contributed by atoms with Gasteiger partial charge in [0.1, 0.15) is 6.04 Å². The number of carbonyl (C=O) groups is 2. The average Bonchev–Trinajstić information content (AvgIpc) is 2.81. The first-order valence-corrected chi connectivity index (χ1v) is 11.1. The third-order valence-electron chi connectivity index (χ3n) is 5.96. The van der Waals surface area contributed by atoms with Crippen molar-refractivity contribution in [2.24, 2.45) is 0 Å². The van der Waals surface area contributed by atoms with E-state index in [0.29, 0.717) is 36.7 Å². The Balaban J connectivity index is 1.55. The van der Waals surface area contributed by atoms with Crippen LogP contribution in [0.25, 0.3) is 11.1 Å². The van der Waals surface area contributed by atoms with Crippen molar-refractivity contribution in [3.8, 4) is 11.1 Å². The number of nitrogens with one attached hydrogen (secondary N) is 1. The van der Waals surface area contributed by atoms with Crippen LogP contribution in [0.2, 0.25) is 0 Å². The normalized spacial score (nSPS) is 15.8. The summed E-state index contributed by atoms with van der Waals surface area (Å²) in [5.74, 6) is 0.195. The lowest BCUT2D eigenvalue weighted by molar-refractivity contribution is -0.127. The van der Waals surface area contributed by atoms with Crippen LogP contribution in [-0.2, 0) is 11.2 Å². The van der Waals surface area contributed by atoms with E-state index in [9.17, 15) is 9.59 Å². The van der Waals surface area contributed by atoms with E-state index in [0.717, 1.165) is 16.7 Å². The Morgan fingerprint density at radius 1 is 1.06 bits per heavy atom. The molecule has 0 bridgehead atoms. The summed E-state index contributed by atoms with van der Waals surface area (Å²) in [4.78, 5) is 38.3. The van der Waals surface area contributed by atoms with Crippen LogP contribution in [0.1, 0.15) is 27.2 Å². The maximum Gasteiger partial charge on any atom is 0.258 e. The van der Waals surface area contributed by atoms with Gasteiger partial charge in [0, 0.05) is 39.8 Å². The first-order valence-electron chi connectivity index (χ1n) is 11.1. The van der Waals surface area contributed by atoms with E-state index in [-0.39, 0.29) is 11.8 Å². The maximum absolute atomic E-state index is 13.4. The number of amides is 2. The van der Waals surface area contributed by atoms with Gasteiger partial charge in [0.2, 0.25) is 11.9 Å². The van der Waals surface area contributed by atoms with Crippen molar-refractivity contribution in [1.29, 1.82) is 0 Å². The SMILES string of the molecule is Cc1ccc(-c2ccc(CC3C(=O)NCCN3C(=O)c3cnc(N(C)C)nc3C)cc2)cc1. The molecule has 0 aliphatic carbocycles. The zero-order valence-electron chi connectivity index (χ0n) is 19.5. The lowest BCUT2D eigenvalue weighted by atomic mass is 9.98. The predicted molar refractivity (Wildman–Crippen MR) is 129 cm³/mol. The molecular weight excluding hydrogens is 414 g/mol. The van der Waals surface area contributed by atoms with Gasteiger partial charge in [-0.25, -0.2) is 9.97 Å². The van der Waals surface area contributed by atoms with Crippen molar-refractivity contribution in [2.45, 2.75) is 26.3 Å². The van der Waals surface area contributed by atoms with Crippen molar-refractivity contribution in [1.82, 2.24) is 20.2 Å². The van der Waals surface area contributed by atoms with Crippen molar-refractivity contribution >= 4 is 17.8 Å². The number of benzene rings is 2. The third-order valence-corrected chi connectivity index (χ3v) is 5.96. The molecule has 1 saturated heterocycles. The molecule has 1 atom stereocenters. The number of piperazine rings is 1. The van der Waals surface area contributed by atoms with Crippen LogP contribution >= 0.6 is 0 Å². The lowest BCUT2D eigenvalue weighted by Gasteiger charge is -2.35. The molecule has 2 heterocycles. The second-order valence-corrected chi connectivity index (χ2v) is 8.64. The Bertz CT molecular complexity index is 1160. The first kappa shape index (κ1) is 22.5. The highest BCUT2D eigenvalue weighted by atomic mass is 16.2. The van der Waals surface area contributed by atoms with Gasteiger partial charge in [-0.15, -0.1) is 0 Å². The van der Waals surface area contributed by atoms with Crippen LogP contribution in [-0.4, -0.2) is 59.9 Å². The highest BCUT2D eigenvalue weighted by molar-refractivity contribution is 5.99. The molecule has 1 aliphatic heterocycles. The number of hydrogen-bond donors (Lipinski definition) is 1. The summed E-state index contributed by atoms with van der Waals surface area (Å²) in [5.41, 5.74) is 5.52. The zero-order valence-corrected chi connectivity index (χ0v) is 19.5. The maximum atomic E-state index is 13.4. The van der Waals surface area contributed by atoms with Crippen molar-refractivity contribution in [2.75, 3.05) is 32.1 Å². The molecule has 1 fully saturated rings. The van der Waals surface area contributed by atoms with Gasteiger partial charge in [-0.2, -0.15) is 0 Å². The van der Waals surface area contributed by atoms with E-state index in [1.54, 1.807) is 22.9 Å². The van der Waals surface area contributed by atoms with Crippen molar-refractivity contribution in [3.05, 3.63) is 77.1 Å². The molecule has 2 amide bonds. The number of hydrogen-bond acceptors (Lipinski definition) is 5. The van der Waals surface area contributed by atoms with Gasteiger partial charge >= 0.3 is 0 Å². The molecule has 0 radical (unpaired) electrons. The highest BCUT2D eigenvalue weighted by Gasteiger charge is 2.34. The molecule has 1 N–H and O–H groups in total. The minimum atomic E-state index is -0.579. The van der Waals surface area contributed by atoms with E-state index < -0.39 is 6.04 Å². The minimum Gasteiger partial charge on any atom is -0.353 e. The Hall–Kier alpha value is -3.74. The summed E-state index contributed by atoms with van der Waals surface area (Å²) < 4.78 is 0. The summed E-state index contributed by atoms with van der Waals surface area (Å²) in [6, 6.07) is 16.0. The molecular formula is C26H29N5O2. The molecule has 0 saturated carbocycles. The molecule has 1 unspecified atom stereocenters. The summed E-state index contributed by atoms with van der Waals surface area (Å²) >= 11 is 0. The number of carbonyl (C=O) groups excluding carboxylic acids is 2.